The van der Waals surface area contributed by atoms with Gasteiger partial charge in [-0.1, -0.05) is 6.55 Å². The highest BCUT2D eigenvalue weighted by Crippen LogP contribution is 2.24. The van der Waals surface area contributed by atoms with Crippen molar-refractivity contribution in [3.8, 4) is 0 Å². The Morgan fingerprint density at radius 2 is 1.90 bits per heavy atom. The van der Waals surface area contributed by atoms with Crippen molar-refractivity contribution in [3.05, 3.63) is 0 Å². The fourth-order valence-electron chi connectivity index (χ4n) is 0.594. The SMILES string of the molecule is CC(C)(Cl)CC[Si](C)([SiH3])Cl. The highest BCUT2D eigenvalue weighted by Gasteiger charge is 2.21. The molecule has 0 amide bonds. The molecule has 0 aromatic heterocycles. The molecule has 0 aliphatic heterocycles. The van der Waals surface area contributed by atoms with Crippen LogP contribution in [0.15, 0.2) is 0 Å². The van der Waals surface area contributed by atoms with Crippen LogP contribution >= 0.6 is 22.7 Å². The third-order valence-corrected chi connectivity index (χ3v) is 5.01. The quantitative estimate of drug-likeness (QED) is 0.384. The Morgan fingerprint density at radius 1 is 1.50 bits per heavy atom. The van der Waals surface area contributed by atoms with Gasteiger partial charge in [-0.3, -0.25) is 0 Å². The van der Waals surface area contributed by atoms with Gasteiger partial charge in [0.15, 0.2) is 0 Å². The first-order valence-corrected chi connectivity index (χ1v) is 11.2. The first kappa shape index (κ1) is 11.0. The average Bonchev–Trinajstić information content (AvgIpc) is 1.57. The van der Waals surface area contributed by atoms with Gasteiger partial charge in [-0.2, -0.15) is 11.1 Å². The molecular weight excluding hydrogens is 199 g/mol. The molecule has 0 radical (unpaired) electrons. The maximum Gasteiger partial charge on any atom is 0.133 e. The van der Waals surface area contributed by atoms with E-state index in [9.17, 15) is 0 Å². The van der Waals surface area contributed by atoms with Crippen LogP contribution in [0.5, 0.6) is 0 Å². The van der Waals surface area contributed by atoms with Gasteiger partial charge in [0.1, 0.15) is 6.90 Å². The molecule has 0 aromatic carbocycles. The van der Waals surface area contributed by atoms with Crippen LogP contribution in [0.1, 0.15) is 20.3 Å². The molecule has 0 aliphatic rings. The van der Waals surface area contributed by atoms with E-state index in [1.807, 2.05) is 13.8 Å². The standard InChI is InChI=1S/C6H16Cl2Si2/c1-6(2,7)4-5-10(3,8)9/h4-5H2,1-3,9H3. The molecule has 0 rings (SSSR count). The van der Waals surface area contributed by atoms with Crippen LogP contribution < -0.4 is 0 Å². The third kappa shape index (κ3) is 9.01. The van der Waals surface area contributed by atoms with Crippen molar-refractivity contribution in [2.45, 2.75) is 37.7 Å². The second-order valence-corrected chi connectivity index (χ2v) is 20.5. The fraction of sp³-hybridized carbons (Fsp3) is 1.00. The van der Waals surface area contributed by atoms with Crippen molar-refractivity contribution >= 4 is 39.3 Å². The van der Waals surface area contributed by atoms with E-state index in [0.29, 0.717) is 0 Å². The molecule has 1 atom stereocenters. The number of hydrogen-bond acceptors (Lipinski definition) is 0. The normalized spacial score (nSPS) is 18.9. The molecule has 62 valence electrons. The Bertz CT molecular complexity index is 87.3. The van der Waals surface area contributed by atoms with Crippen molar-refractivity contribution in [3.63, 3.8) is 0 Å². The number of halogens is 2. The highest BCUT2D eigenvalue weighted by molar-refractivity contribution is 7.42. The summed E-state index contributed by atoms with van der Waals surface area (Å²) in [7, 11) is 1.17. The van der Waals surface area contributed by atoms with E-state index in [-0.39, 0.29) is 4.87 Å². The lowest BCUT2D eigenvalue weighted by Gasteiger charge is -2.19. The van der Waals surface area contributed by atoms with E-state index in [2.05, 4.69) is 6.55 Å². The summed E-state index contributed by atoms with van der Waals surface area (Å²) in [6, 6.07) is 1.16. The lowest BCUT2D eigenvalue weighted by atomic mass is 10.1. The summed E-state index contributed by atoms with van der Waals surface area (Å²) < 4.78 is 0. The van der Waals surface area contributed by atoms with Crippen LogP contribution in [0.25, 0.3) is 0 Å². The molecule has 0 aliphatic carbocycles. The monoisotopic (exact) mass is 214 g/mol. The van der Waals surface area contributed by atoms with Crippen LogP contribution in [0.2, 0.25) is 12.6 Å². The molecule has 0 aromatic rings. The van der Waals surface area contributed by atoms with E-state index < -0.39 is 6.90 Å². The maximum absolute atomic E-state index is 6.18. The zero-order chi connectivity index (χ0) is 8.41. The maximum atomic E-state index is 6.18. The molecule has 0 N–H and O–H groups in total. The second kappa shape index (κ2) is 3.61. The Labute approximate surface area is 77.2 Å². The molecule has 4 heteroatoms. The molecule has 0 saturated heterocycles. The van der Waals surface area contributed by atoms with Gasteiger partial charge in [-0.05, 0) is 26.3 Å². The molecule has 1 unspecified atom stereocenters. The van der Waals surface area contributed by atoms with E-state index in [1.165, 1.54) is 9.76 Å². The summed E-state index contributed by atoms with van der Waals surface area (Å²) in [5, 5.41) is 0. The first-order valence-electron chi connectivity index (χ1n) is 3.59. The molecule has 0 fully saturated rings. The molecule has 0 saturated carbocycles. The van der Waals surface area contributed by atoms with Crippen LogP contribution in [-0.2, 0) is 0 Å². The van der Waals surface area contributed by atoms with Crippen LogP contribution in [-0.4, -0.2) is 21.5 Å². The van der Waals surface area contributed by atoms with Gasteiger partial charge in [0, 0.05) is 14.6 Å². The lowest BCUT2D eigenvalue weighted by Crippen LogP contribution is -2.25. The van der Waals surface area contributed by atoms with Gasteiger partial charge >= 0.3 is 0 Å². The Balaban J connectivity index is 3.56. The summed E-state index contributed by atoms with van der Waals surface area (Å²) in [6.45, 7) is 5.07. The van der Waals surface area contributed by atoms with Gasteiger partial charge in [0.25, 0.3) is 0 Å². The van der Waals surface area contributed by atoms with E-state index >= 15 is 0 Å². The zero-order valence-corrected chi connectivity index (χ0v) is 11.7. The highest BCUT2D eigenvalue weighted by atomic mass is 35.6. The average molecular weight is 215 g/mol. The Morgan fingerprint density at radius 3 is 2.00 bits per heavy atom. The van der Waals surface area contributed by atoms with Crippen molar-refractivity contribution in [1.82, 2.24) is 0 Å². The second-order valence-electron chi connectivity index (χ2n) is 3.94. The predicted molar refractivity (Wildman–Crippen MR) is 56.8 cm³/mol. The van der Waals surface area contributed by atoms with Gasteiger partial charge in [-0.15, -0.1) is 11.6 Å². The molecule has 0 heterocycles. The van der Waals surface area contributed by atoms with Gasteiger partial charge in [-0.25, -0.2) is 0 Å². The van der Waals surface area contributed by atoms with Crippen molar-refractivity contribution in [2.75, 3.05) is 0 Å². The molecular formula is C6H16Cl2Si2. The van der Waals surface area contributed by atoms with E-state index in [0.717, 1.165) is 12.5 Å². The minimum absolute atomic E-state index is 0.0481. The van der Waals surface area contributed by atoms with E-state index in [4.69, 9.17) is 22.7 Å². The largest absolute Gasteiger partial charge is 0.172 e. The van der Waals surface area contributed by atoms with Gasteiger partial charge in [0.05, 0.1) is 0 Å². The Kier molecular flexibility index (Phi) is 3.98. The van der Waals surface area contributed by atoms with Gasteiger partial charge in [0.2, 0.25) is 0 Å². The van der Waals surface area contributed by atoms with Crippen LogP contribution in [0.4, 0.5) is 0 Å². The summed E-state index contributed by atoms with van der Waals surface area (Å²) in [6.07, 6.45) is 1.06. The summed E-state index contributed by atoms with van der Waals surface area (Å²) in [5.74, 6) is 0. The topological polar surface area (TPSA) is 0 Å². The number of alkyl halides is 1. The Hall–Kier alpha value is 1.01. The molecule has 10 heavy (non-hydrogen) atoms. The van der Waals surface area contributed by atoms with Gasteiger partial charge < -0.3 is 0 Å². The van der Waals surface area contributed by atoms with Crippen molar-refractivity contribution < 1.29 is 0 Å². The fourth-order valence-corrected chi connectivity index (χ4v) is 3.10. The minimum Gasteiger partial charge on any atom is -0.172 e. The minimum atomic E-state index is -1.24. The third-order valence-electron chi connectivity index (χ3n) is 1.31. The van der Waals surface area contributed by atoms with E-state index in [1.54, 1.807) is 0 Å². The van der Waals surface area contributed by atoms with Crippen molar-refractivity contribution in [2.24, 2.45) is 0 Å². The number of rotatable bonds is 3. The predicted octanol–water partition coefficient (Wildman–Crippen LogP) is 2.07. The molecule has 0 bridgehead atoms. The molecule has 0 nitrogen and oxygen atoms in total. The zero-order valence-electron chi connectivity index (χ0n) is 7.17. The van der Waals surface area contributed by atoms with Crippen LogP contribution in [0.3, 0.4) is 0 Å². The summed E-state index contributed by atoms with van der Waals surface area (Å²) in [5.41, 5.74) is 0. The number of hydrogen-bond donors (Lipinski definition) is 0. The smallest absolute Gasteiger partial charge is 0.133 e. The summed E-state index contributed by atoms with van der Waals surface area (Å²) in [4.78, 5) is -0.0481. The van der Waals surface area contributed by atoms with Crippen LogP contribution in [0, 0.1) is 0 Å². The van der Waals surface area contributed by atoms with Crippen molar-refractivity contribution in [1.29, 1.82) is 0 Å². The molecule has 0 spiro atoms. The summed E-state index contributed by atoms with van der Waals surface area (Å²) >= 11 is 12.2. The lowest BCUT2D eigenvalue weighted by molar-refractivity contribution is 0.668. The first-order chi connectivity index (χ1) is 4.21.